The van der Waals surface area contributed by atoms with Crippen molar-refractivity contribution in [2.75, 3.05) is 25.5 Å². The molecule has 2 nitrogen and oxygen atoms in total. The minimum absolute atomic E-state index is 0.182. The molecule has 0 aliphatic rings. The topological polar surface area (TPSA) is 15.3 Å². The smallest absolute Gasteiger partial charge is 0.255 e. The third kappa shape index (κ3) is 3.82. The summed E-state index contributed by atoms with van der Waals surface area (Å²) in [5, 5.41) is 3.59. The minimum Gasteiger partial charge on any atom is -0.368 e. The Morgan fingerprint density at radius 3 is 2.53 bits per heavy atom. The van der Waals surface area contributed by atoms with Crippen LogP contribution in [0.3, 0.4) is 0 Å². The van der Waals surface area contributed by atoms with Crippen LogP contribution in [0.5, 0.6) is 0 Å². The number of benzene rings is 1. The van der Waals surface area contributed by atoms with Gasteiger partial charge in [0.1, 0.15) is 0 Å². The first kappa shape index (κ1) is 14.2. The molecule has 1 unspecified atom stereocenters. The first-order valence-corrected chi connectivity index (χ1v) is 5.79. The van der Waals surface area contributed by atoms with Gasteiger partial charge in [0.2, 0.25) is 0 Å². The summed E-state index contributed by atoms with van der Waals surface area (Å²) in [5.41, 5.74) is 1.66. The van der Waals surface area contributed by atoms with Crippen LogP contribution >= 0.6 is 11.6 Å². The summed E-state index contributed by atoms with van der Waals surface area (Å²) in [6.45, 7) is 1.69. The van der Waals surface area contributed by atoms with Crippen molar-refractivity contribution in [3.05, 3.63) is 28.8 Å². The highest BCUT2D eigenvalue weighted by atomic mass is 35.5. The van der Waals surface area contributed by atoms with Crippen molar-refractivity contribution in [1.82, 2.24) is 5.32 Å². The Balaban J connectivity index is 2.89. The van der Waals surface area contributed by atoms with E-state index in [0.717, 1.165) is 5.56 Å². The number of rotatable bonds is 5. The van der Waals surface area contributed by atoms with Gasteiger partial charge in [-0.05, 0) is 31.7 Å². The van der Waals surface area contributed by atoms with E-state index in [1.165, 1.54) is 4.90 Å². The molecule has 96 valence electrons. The Labute approximate surface area is 106 Å². The molecular formula is C12H17ClF2N2. The number of nitrogens with one attached hydrogen (secondary N) is 1. The maximum atomic E-state index is 12.3. The minimum atomic E-state index is -2.37. The molecule has 0 spiro atoms. The molecule has 1 rings (SSSR count). The van der Waals surface area contributed by atoms with Crippen LogP contribution in [-0.2, 0) is 0 Å². The number of halogens is 3. The number of hydrogen-bond donors (Lipinski definition) is 1. The standard InChI is InChI=1S/C12H17ClF2N2/c1-8(16-2)9-4-5-11(10(13)6-9)17(3)7-12(14)15/h4-6,8,12,16H,7H2,1-3H3. The number of nitrogens with zero attached hydrogens (tertiary/aromatic N) is 1. The summed E-state index contributed by atoms with van der Waals surface area (Å²) >= 11 is 6.09. The van der Waals surface area contributed by atoms with Crippen LogP contribution in [0.25, 0.3) is 0 Å². The van der Waals surface area contributed by atoms with Crippen molar-refractivity contribution in [2.24, 2.45) is 0 Å². The fourth-order valence-corrected chi connectivity index (χ4v) is 1.91. The van der Waals surface area contributed by atoms with Gasteiger partial charge >= 0.3 is 0 Å². The second-order valence-electron chi connectivity index (χ2n) is 3.99. The van der Waals surface area contributed by atoms with Crippen LogP contribution in [0.2, 0.25) is 5.02 Å². The van der Waals surface area contributed by atoms with Gasteiger partial charge in [0.05, 0.1) is 17.3 Å². The van der Waals surface area contributed by atoms with Gasteiger partial charge in [0.15, 0.2) is 0 Å². The third-order valence-electron chi connectivity index (χ3n) is 2.73. The molecular weight excluding hydrogens is 246 g/mol. The summed E-state index contributed by atoms with van der Waals surface area (Å²) < 4.78 is 24.5. The molecule has 17 heavy (non-hydrogen) atoms. The van der Waals surface area contributed by atoms with Crippen LogP contribution in [0.15, 0.2) is 18.2 Å². The maximum Gasteiger partial charge on any atom is 0.255 e. The predicted molar refractivity (Wildman–Crippen MR) is 68.2 cm³/mol. The lowest BCUT2D eigenvalue weighted by Crippen LogP contribution is -2.24. The molecule has 0 fully saturated rings. The monoisotopic (exact) mass is 262 g/mol. The van der Waals surface area contributed by atoms with Gasteiger partial charge in [-0.3, -0.25) is 0 Å². The van der Waals surface area contributed by atoms with E-state index < -0.39 is 6.43 Å². The van der Waals surface area contributed by atoms with Crippen molar-refractivity contribution in [2.45, 2.75) is 19.4 Å². The third-order valence-corrected chi connectivity index (χ3v) is 3.03. The molecule has 1 aromatic rings. The zero-order valence-corrected chi connectivity index (χ0v) is 10.9. The largest absolute Gasteiger partial charge is 0.368 e. The summed E-state index contributed by atoms with van der Waals surface area (Å²) in [5.74, 6) is 0. The summed E-state index contributed by atoms with van der Waals surface area (Å²) in [7, 11) is 3.46. The molecule has 5 heteroatoms. The Morgan fingerprint density at radius 1 is 1.41 bits per heavy atom. The Bertz CT molecular complexity index is 372. The first-order valence-electron chi connectivity index (χ1n) is 5.41. The maximum absolute atomic E-state index is 12.3. The number of hydrogen-bond acceptors (Lipinski definition) is 2. The highest BCUT2D eigenvalue weighted by molar-refractivity contribution is 6.33. The number of alkyl halides is 2. The zero-order valence-electron chi connectivity index (χ0n) is 10.2. The molecule has 0 radical (unpaired) electrons. The van der Waals surface area contributed by atoms with Crippen molar-refractivity contribution in [1.29, 1.82) is 0 Å². The fourth-order valence-electron chi connectivity index (χ4n) is 1.57. The molecule has 0 saturated carbocycles. The second kappa shape index (κ2) is 6.17. The van der Waals surface area contributed by atoms with Crippen molar-refractivity contribution < 1.29 is 8.78 Å². The first-order chi connectivity index (χ1) is 7.95. The lowest BCUT2D eigenvalue weighted by atomic mass is 10.1. The average Bonchev–Trinajstić information content (AvgIpc) is 2.26. The van der Waals surface area contributed by atoms with Crippen molar-refractivity contribution in [3.8, 4) is 0 Å². The molecule has 0 aliphatic carbocycles. The van der Waals surface area contributed by atoms with Gasteiger partial charge in [-0.1, -0.05) is 17.7 Å². The fraction of sp³-hybridized carbons (Fsp3) is 0.500. The van der Waals surface area contributed by atoms with E-state index in [1.807, 2.05) is 20.0 Å². The molecule has 1 atom stereocenters. The molecule has 0 aromatic heterocycles. The van der Waals surface area contributed by atoms with E-state index in [2.05, 4.69) is 5.32 Å². The second-order valence-corrected chi connectivity index (χ2v) is 4.40. The Hall–Kier alpha value is -0.870. The van der Waals surface area contributed by atoms with Crippen molar-refractivity contribution in [3.63, 3.8) is 0 Å². The summed E-state index contributed by atoms with van der Waals surface area (Å²) in [4.78, 5) is 1.46. The van der Waals surface area contributed by atoms with E-state index in [1.54, 1.807) is 19.2 Å². The van der Waals surface area contributed by atoms with Crippen LogP contribution in [0.1, 0.15) is 18.5 Å². The summed E-state index contributed by atoms with van der Waals surface area (Å²) in [6.07, 6.45) is -2.37. The van der Waals surface area contributed by atoms with Gasteiger partial charge in [0, 0.05) is 13.1 Å². The zero-order chi connectivity index (χ0) is 13.0. The lowest BCUT2D eigenvalue weighted by molar-refractivity contribution is 0.156. The highest BCUT2D eigenvalue weighted by Crippen LogP contribution is 2.28. The van der Waals surface area contributed by atoms with E-state index in [0.29, 0.717) is 10.7 Å². The van der Waals surface area contributed by atoms with Crippen LogP contribution in [0, 0.1) is 0 Å². The molecule has 1 N–H and O–H groups in total. The molecule has 0 aliphatic heterocycles. The van der Waals surface area contributed by atoms with Crippen LogP contribution in [-0.4, -0.2) is 27.1 Å². The van der Waals surface area contributed by atoms with E-state index in [4.69, 9.17) is 11.6 Å². The van der Waals surface area contributed by atoms with Gasteiger partial charge < -0.3 is 10.2 Å². The average molecular weight is 263 g/mol. The normalized spacial score (nSPS) is 12.9. The Morgan fingerprint density at radius 2 is 2.06 bits per heavy atom. The summed E-state index contributed by atoms with van der Waals surface area (Å²) in [6, 6.07) is 5.65. The molecule has 0 saturated heterocycles. The van der Waals surface area contributed by atoms with Gasteiger partial charge in [0.25, 0.3) is 6.43 Å². The van der Waals surface area contributed by atoms with Crippen molar-refractivity contribution >= 4 is 17.3 Å². The lowest BCUT2D eigenvalue weighted by Gasteiger charge is -2.21. The van der Waals surface area contributed by atoms with Gasteiger partial charge in [-0.15, -0.1) is 0 Å². The molecule has 1 aromatic carbocycles. The highest BCUT2D eigenvalue weighted by Gasteiger charge is 2.13. The van der Waals surface area contributed by atoms with E-state index in [9.17, 15) is 8.78 Å². The SMILES string of the molecule is CNC(C)c1ccc(N(C)CC(F)F)c(Cl)c1. The number of anilines is 1. The molecule has 0 bridgehead atoms. The Kier molecular flexibility index (Phi) is 5.15. The van der Waals surface area contributed by atoms with Crippen LogP contribution < -0.4 is 10.2 Å². The van der Waals surface area contributed by atoms with Crippen LogP contribution in [0.4, 0.5) is 14.5 Å². The molecule has 0 amide bonds. The predicted octanol–water partition coefficient (Wildman–Crippen LogP) is 3.32. The molecule has 0 heterocycles. The van der Waals surface area contributed by atoms with E-state index >= 15 is 0 Å². The van der Waals surface area contributed by atoms with Gasteiger partial charge in [-0.2, -0.15) is 0 Å². The quantitative estimate of drug-likeness (QED) is 0.876. The van der Waals surface area contributed by atoms with Gasteiger partial charge in [-0.25, -0.2) is 8.78 Å². The van der Waals surface area contributed by atoms with E-state index in [-0.39, 0.29) is 12.6 Å².